The van der Waals surface area contributed by atoms with E-state index in [9.17, 15) is 9.59 Å². The Labute approximate surface area is 163 Å². The summed E-state index contributed by atoms with van der Waals surface area (Å²) in [6.07, 6.45) is 0.514. The van der Waals surface area contributed by atoms with Crippen LogP contribution in [-0.2, 0) is 16.1 Å². The zero-order valence-electron chi connectivity index (χ0n) is 15.7. The van der Waals surface area contributed by atoms with E-state index in [1.54, 1.807) is 0 Å². The minimum Gasteiger partial charge on any atom is -0.380 e. The first-order valence-corrected chi connectivity index (χ1v) is 9.17. The first-order chi connectivity index (χ1) is 13.6. The third-order valence-corrected chi connectivity index (χ3v) is 4.46. The van der Waals surface area contributed by atoms with E-state index in [0.717, 1.165) is 36.3 Å². The standard InChI is InChI=1S/C21H24N4O3/c1-2-28-9-8-23-12-14-4-3-5-15(10-14)16-6-7-17-18(11-16)25-21(24-13-26)19(17)20(22)27/h3-7,10-11,13,23,25H,2,8-9,12H2,1H3,(H2,22,27)(H,24,26). The van der Waals surface area contributed by atoms with E-state index in [2.05, 4.69) is 27.8 Å². The Hall–Kier alpha value is -3.16. The number of hydrogen-bond acceptors (Lipinski definition) is 4. The van der Waals surface area contributed by atoms with Crippen LogP contribution >= 0.6 is 0 Å². The summed E-state index contributed by atoms with van der Waals surface area (Å²) >= 11 is 0. The maximum Gasteiger partial charge on any atom is 0.253 e. The number of carbonyl (C=O) groups excluding carboxylic acids is 2. The number of aromatic amines is 1. The van der Waals surface area contributed by atoms with Gasteiger partial charge in [-0.3, -0.25) is 9.59 Å². The minimum atomic E-state index is -0.594. The number of nitrogens with two attached hydrogens (primary N) is 1. The monoisotopic (exact) mass is 380 g/mol. The second-order valence-corrected chi connectivity index (χ2v) is 6.34. The van der Waals surface area contributed by atoms with Gasteiger partial charge in [-0.05, 0) is 35.7 Å². The molecule has 0 fully saturated rings. The molecule has 1 heterocycles. The molecule has 2 aromatic carbocycles. The van der Waals surface area contributed by atoms with Gasteiger partial charge in [-0.25, -0.2) is 0 Å². The van der Waals surface area contributed by atoms with Crippen molar-refractivity contribution in [3.05, 3.63) is 53.6 Å². The summed E-state index contributed by atoms with van der Waals surface area (Å²) in [6, 6.07) is 14.0. The lowest BCUT2D eigenvalue weighted by Gasteiger charge is -2.08. The Morgan fingerprint density at radius 2 is 2.04 bits per heavy atom. The molecule has 2 amide bonds. The Balaban J connectivity index is 1.84. The van der Waals surface area contributed by atoms with Gasteiger partial charge in [-0.15, -0.1) is 0 Å². The van der Waals surface area contributed by atoms with Gasteiger partial charge in [0, 0.05) is 30.6 Å². The predicted molar refractivity (Wildman–Crippen MR) is 110 cm³/mol. The number of carbonyl (C=O) groups is 2. The fraction of sp³-hybridized carbons (Fsp3) is 0.238. The summed E-state index contributed by atoms with van der Waals surface area (Å²) in [7, 11) is 0. The highest BCUT2D eigenvalue weighted by Crippen LogP contribution is 2.30. The van der Waals surface area contributed by atoms with Crippen molar-refractivity contribution >= 4 is 29.0 Å². The average Bonchev–Trinajstić information content (AvgIpc) is 3.05. The smallest absolute Gasteiger partial charge is 0.253 e. The van der Waals surface area contributed by atoms with E-state index >= 15 is 0 Å². The third-order valence-electron chi connectivity index (χ3n) is 4.46. The third kappa shape index (κ3) is 4.39. The van der Waals surface area contributed by atoms with Crippen molar-refractivity contribution in [3.63, 3.8) is 0 Å². The number of ether oxygens (including phenoxy) is 1. The Kier molecular flexibility index (Phi) is 6.41. The molecule has 3 aromatic rings. The highest BCUT2D eigenvalue weighted by atomic mass is 16.5. The predicted octanol–water partition coefficient (Wildman–Crippen LogP) is 2.63. The molecule has 0 spiro atoms. The molecule has 0 aliphatic carbocycles. The molecule has 0 saturated heterocycles. The van der Waals surface area contributed by atoms with Crippen LogP contribution in [0.1, 0.15) is 22.8 Å². The van der Waals surface area contributed by atoms with E-state index in [-0.39, 0.29) is 5.56 Å². The molecule has 146 valence electrons. The number of fused-ring (bicyclic) bond motifs is 1. The number of anilines is 1. The van der Waals surface area contributed by atoms with Crippen molar-refractivity contribution in [1.29, 1.82) is 0 Å². The lowest BCUT2D eigenvalue weighted by Crippen LogP contribution is -2.19. The van der Waals surface area contributed by atoms with Crippen LogP contribution in [0.15, 0.2) is 42.5 Å². The normalized spacial score (nSPS) is 10.9. The highest BCUT2D eigenvalue weighted by molar-refractivity contribution is 6.12. The lowest BCUT2D eigenvalue weighted by molar-refractivity contribution is -0.105. The van der Waals surface area contributed by atoms with Gasteiger partial charge >= 0.3 is 0 Å². The van der Waals surface area contributed by atoms with Gasteiger partial charge in [0.2, 0.25) is 6.41 Å². The second-order valence-electron chi connectivity index (χ2n) is 6.34. The summed E-state index contributed by atoms with van der Waals surface area (Å²) in [5.41, 5.74) is 9.71. The van der Waals surface area contributed by atoms with Crippen molar-refractivity contribution in [2.45, 2.75) is 13.5 Å². The first-order valence-electron chi connectivity index (χ1n) is 9.17. The van der Waals surface area contributed by atoms with Gasteiger partial charge in [0.05, 0.1) is 12.2 Å². The minimum absolute atomic E-state index is 0.279. The number of aromatic nitrogens is 1. The fourth-order valence-electron chi connectivity index (χ4n) is 3.18. The molecule has 0 bridgehead atoms. The van der Waals surface area contributed by atoms with Crippen LogP contribution in [0.4, 0.5) is 5.82 Å². The molecule has 0 aliphatic rings. The quantitative estimate of drug-likeness (QED) is 0.320. The van der Waals surface area contributed by atoms with E-state index < -0.39 is 5.91 Å². The first kappa shape index (κ1) is 19.6. The van der Waals surface area contributed by atoms with E-state index in [1.807, 2.05) is 37.3 Å². The van der Waals surface area contributed by atoms with Crippen LogP contribution in [0, 0.1) is 0 Å². The van der Waals surface area contributed by atoms with Crippen LogP contribution in [0.5, 0.6) is 0 Å². The summed E-state index contributed by atoms with van der Waals surface area (Å²) < 4.78 is 5.33. The summed E-state index contributed by atoms with van der Waals surface area (Å²) in [5.74, 6) is -0.287. The van der Waals surface area contributed by atoms with Crippen molar-refractivity contribution < 1.29 is 14.3 Å². The van der Waals surface area contributed by atoms with Crippen LogP contribution in [0.25, 0.3) is 22.0 Å². The topological polar surface area (TPSA) is 109 Å². The summed E-state index contributed by atoms with van der Waals surface area (Å²) in [6.45, 7) is 4.95. The molecule has 7 heteroatoms. The van der Waals surface area contributed by atoms with Gasteiger partial charge in [0.15, 0.2) is 0 Å². The number of amides is 2. The van der Waals surface area contributed by atoms with Crippen LogP contribution < -0.4 is 16.4 Å². The molecule has 3 rings (SSSR count). The highest BCUT2D eigenvalue weighted by Gasteiger charge is 2.16. The molecule has 28 heavy (non-hydrogen) atoms. The number of hydrogen-bond donors (Lipinski definition) is 4. The van der Waals surface area contributed by atoms with Gasteiger partial charge in [0.1, 0.15) is 5.82 Å². The van der Waals surface area contributed by atoms with Crippen LogP contribution in [-0.4, -0.2) is 37.1 Å². The maximum absolute atomic E-state index is 11.8. The average molecular weight is 380 g/mol. The van der Waals surface area contributed by atoms with Crippen molar-refractivity contribution in [2.75, 3.05) is 25.1 Å². The Morgan fingerprint density at radius 1 is 1.21 bits per heavy atom. The SMILES string of the molecule is CCOCCNCc1cccc(-c2ccc3c(C(N)=O)c(NC=O)[nH]c3c2)c1. The lowest BCUT2D eigenvalue weighted by atomic mass is 10.0. The Bertz CT molecular complexity index is 981. The largest absolute Gasteiger partial charge is 0.380 e. The number of rotatable bonds is 10. The molecule has 0 unspecified atom stereocenters. The Morgan fingerprint density at radius 3 is 2.79 bits per heavy atom. The maximum atomic E-state index is 11.8. The van der Waals surface area contributed by atoms with E-state index in [1.165, 1.54) is 5.56 Å². The van der Waals surface area contributed by atoms with Crippen LogP contribution in [0.3, 0.4) is 0 Å². The van der Waals surface area contributed by atoms with E-state index in [0.29, 0.717) is 24.2 Å². The van der Waals surface area contributed by atoms with E-state index in [4.69, 9.17) is 10.5 Å². The summed E-state index contributed by atoms with van der Waals surface area (Å²) in [4.78, 5) is 25.6. The number of benzene rings is 2. The fourth-order valence-corrected chi connectivity index (χ4v) is 3.18. The molecule has 0 aliphatic heterocycles. The van der Waals surface area contributed by atoms with Crippen LogP contribution in [0.2, 0.25) is 0 Å². The summed E-state index contributed by atoms with van der Waals surface area (Å²) in [5, 5.41) is 6.53. The molecular formula is C21H24N4O3. The van der Waals surface area contributed by atoms with Gasteiger partial charge in [-0.2, -0.15) is 0 Å². The number of H-pyrrole nitrogens is 1. The molecule has 7 nitrogen and oxygen atoms in total. The van der Waals surface area contributed by atoms with Crippen molar-refractivity contribution in [2.24, 2.45) is 5.73 Å². The molecule has 0 saturated carbocycles. The molecule has 0 radical (unpaired) electrons. The molecule has 0 atom stereocenters. The molecule has 5 N–H and O–H groups in total. The molecule has 1 aromatic heterocycles. The second kappa shape index (κ2) is 9.16. The van der Waals surface area contributed by atoms with Gasteiger partial charge < -0.3 is 26.1 Å². The zero-order chi connectivity index (χ0) is 19.9. The van der Waals surface area contributed by atoms with Gasteiger partial charge in [-0.1, -0.05) is 30.3 Å². The zero-order valence-corrected chi connectivity index (χ0v) is 15.7. The number of primary amides is 1. The van der Waals surface area contributed by atoms with Gasteiger partial charge in [0.25, 0.3) is 5.91 Å². The van der Waals surface area contributed by atoms with Crippen molar-refractivity contribution in [3.8, 4) is 11.1 Å². The number of nitrogens with one attached hydrogen (secondary N) is 3. The molecular weight excluding hydrogens is 356 g/mol. The van der Waals surface area contributed by atoms with Crippen molar-refractivity contribution in [1.82, 2.24) is 10.3 Å².